The molecule has 0 unspecified atom stereocenters. The van der Waals surface area contributed by atoms with E-state index < -0.39 is 23.8 Å². The number of β-amino-alcohol motifs (C(OH)–C–C–N with tert-alkyl or cyclic N) is 1. The number of hydrogen-bond acceptors (Lipinski definition) is 5. The summed E-state index contributed by atoms with van der Waals surface area (Å²) in [5, 5.41) is 14.0. The van der Waals surface area contributed by atoms with Gasteiger partial charge in [0, 0.05) is 18.5 Å². The SMILES string of the molecule is CCOC(=O)CCC=Cc1cc(F)c(F)cc1[C@@H](C)OC[C@H](O)CNC(C)(C)CC1Cc2ccccc2C1. The number of esters is 1. The smallest absolute Gasteiger partial charge is 0.306 e. The first kappa shape index (κ1) is 29.9. The number of carbonyl (C=O) groups excluding carboxylic acids is 1. The largest absolute Gasteiger partial charge is 0.466 e. The first-order valence-electron chi connectivity index (χ1n) is 13.5. The van der Waals surface area contributed by atoms with Crippen molar-refractivity contribution in [3.8, 4) is 0 Å². The summed E-state index contributed by atoms with van der Waals surface area (Å²) < 4.78 is 38.7. The quantitative estimate of drug-likeness (QED) is 0.297. The van der Waals surface area contributed by atoms with E-state index in [2.05, 4.69) is 43.4 Å². The van der Waals surface area contributed by atoms with Crippen LogP contribution in [0.25, 0.3) is 6.08 Å². The molecule has 7 heteroatoms. The number of aliphatic hydroxyl groups excluding tert-OH is 1. The number of nitrogens with one attached hydrogen (secondary N) is 1. The minimum Gasteiger partial charge on any atom is -0.466 e. The second-order valence-electron chi connectivity index (χ2n) is 10.8. The maximum atomic E-state index is 14.0. The number of ether oxygens (including phenoxy) is 2. The number of fused-ring (bicyclic) bond motifs is 1. The number of benzene rings is 2. The summed E-state index contributed by atoms with van der Waals surface area (Å²) in [6, 6.07) is 10.8. The summed E-state index contributed by atoms with van der Waals surface area (Å²) >= 11 is 0. The molecule has 2 aromatic rings. The highest BCUT2D eigenvalue weighted by atomic mass is 19.2. The Hall–Kier alpha value is -2.61. The lowest BCUT2D eigenvalue weighted by atomic mass is 9.88. The van der Waals surface area contributed by atoms with Crippen LogP contribution in [0.2, 0.25) is 0 Å². The van der Waals surface area contributed by atoms with Crippen LogP contribution in [-0.4, -0.2) is 42.5 Å². The second kappa shape index (κ2) is 14.0. The molecule has 0 saturated carbocycles. The lowest BCUT2D eigenvalue weighted by Gasteiger charge is -2.31. The van der Waals surface area contributed by atoms with Gasteiger partial charge in [-0.1, -0.05) is 36.4 Å². The highest BCUT2D eigenvalue weighted by Gasteiger charge is 2.28. The van der Waals surface area contributed by atoms with E-state index in [1.807, 2.05) is 0 Å². The third-order valence-corrected chi connectivity index (χ3v) is 6.97. The molecule has 1 aliphatic carbocycles. The van der Waals surface area contributed by atoms with Crippen LogP contribution in [0, 0.1) is 17.6 Å². The Morgan fingerprint density at radius 1 is 1.18 bits per heavy atom. The Labute approximate surface area is 225 Å². The van der Waals surface area contributed by atoms with E-state index in [-0.39, 0.29) is 24.5 Å². The molecular weight excluding hydrogens is 488 g/mol. The summed E-state index contributed by atoms with van der Waals surface area (Å²) in [6.07, 6.45) is 5.82. The molecule has 2 N–H and O–H groups in total. The molecule has 0 heterocycles. The van der Waals surface area contributed by atoms with Gasteiger partial charge in [-0.2, -0.15) is 0 Å². The molecule has 208 valence electrons. The van der Waals surface area contributed by atoms with Crippen molar-refractivity contribution in [1.29, 1.82) is 0 Å². The molecule has 0 aromatic heterocycles. The summed E-state index contributed by atoms with van der Waals surface area (Å²) in [7, 11) is 0. The van der Waals surface area contributed by atoms with Gasteiger partial charge in [-0.15, -0.1) is 0 Å². The Bertz CT molecular complexity index is 1080. The third-order valence-electron chi connectivity index (χ3n) is 6.97. The van der Waals surface area contributed by atoms with Gasteiger partial charge in [-0.25, -0.2) is 8.78 Å². The van der Waals surface area contributed by atoms with E-state index in [4.69, 9.17) is 9.47 Å². The van der Waals surface area contributed by atoms with Gasteiger partial charge in [0.05, 0.1) is 25.4 Å². The Morgan fingerprint density at radius 2 is 1.84 bits per heavy atom. The molecule has 0 bridgehead atoms. The fourth-order valence-electron chi connectivity index (χ4n) is 5.11. The predicted molar refractivity (Wildman–Crippen MR) is 146 cm³/mol. The van der Waals surface area contributed by atoms with Crippen LogP contribution < -0.4 is 5.32 Å². The van der Waals surface area contributed by atoms with Crippen molar-refractivity contribution in [1.82, 2.24) is 5.32 Å². The maximum Gasteiger partial charge on any atom is 0.306 e. The average molecular weight is 530 g/mol. The van der Waals surface area contributed by atoms with Crippen molar-refractivity contribution in [3.63, 3.8) is 0 Å². The lowest BCUT2D eigenvalue weighted by molar-refractivity contribution is -0.143. The standard InChI is InChI=1S/C31H41F2NO4/c1-5-37-30(36)13-9-8-12-25-16-28(32)29(33)17-27(25)21(2)38-20-26(35)19-34-31(3,4)18-22-14-23-10-6-7-11-24(23)15-22/h6-8,10-12,16-17,21-22,26,34-35H,5,9,13-15,18-20H2,1-4H3/t21-,26-/m1/s1. The monoisotopic (exact) mass is 529 g/mol. The van der Waals surface area contributed by atoms with Crippen LogP contribution in [0.15, 0.2) is 42.5 Å². The number of aliphatic hydroxyl groups is 1. The summed E-state index contributed by atoms with van der Waals surface area (Å²) in [6.45, 7) is 8.50. The van der Waals surface area contributed by atoms with Gasteiger partial charge in [0.2, 0.25) is 0 Å². The van der Waals surface area contributed by atoms with Gasteiger partial charge in [0.15, 0.2) is 11.6 Å². The van der Waals surface area contributed by atoms with Crippen LogP contribution in [-0.2, 0) is 27.1 Å². The Morgan fingerprint density at radius 3 is 2.50 bits per heavy atom. The first-order chi connectivity index (χ1) is 18.1. The Balaban J connectivity index is 1.49. The molecule has 0 saturated heterocycles. The van der Waals surface area contributed by atoms with Crippen molar-refractivity contribution in [2.75, 3.05) is 19.8 Å². The van der Waals surface area contributed by atoms with Gasteiger partial charge >= 0.3 is 5.97 Å². The van der Waals surface area contributed by atoms with Crippen LogP contribution in [0.4, 0.5) is 8.78 Å². The highest BCUT2D eigenvalue weighted by Crippen LogP contribution is 2.32. The molecule has 5 nitrogen and oxygen atoms in total. The fraction of sp³-hybridized carbons (Fsp3) is 0.516. The topological polar surface area (TPSA) is 67.8 Å². The van der Waals surface area contributed by atoms with E-state index in [1.165, 1.54) is 11.1 Å². The molecule has 38 heavy (non-hydrogen) atoms. The molecule has 0 aliphatic heterocycles. The van der Waals surface area contributed by atoms with Crippen molar-refractivity contribution >= 4 is 12.0 Å². The third kappa shape index (κ3) is 9.00. The van der Waals surface area contributed by atoms with Crippen molar-refractivity contribution in [3.05, 3.63) is 76.4 Å². The summed E-state index contributed by atoms with van der Waals surface area (Å²) in [5.74, 6) is -1.65. The predicted octanol–water partition coefficient (Wildman–Crippen LogP) is 5.93. The fourth-order valence-corrected chi connectivity index (χ4v) is 5.11. The van der Waals surface area contributed by atoms with Crippen LogP contribution >= 0.6 is 0 Å². The lowest BCUT2D eigenvalue weighted by Crippen LogP contribution is -2.45. The van der Waals surface area contributed by atoms with Crippen molar-refractivity contribution in [2.45, 2.75) is 77.5 Å². The van der Waals surface area contributed by atoms with Gasteiger partial charge < -0.3 is 19.9 Å². The molecule has 0 fully saturated rings. The normalized spacial score (nSPS) is 15.6. The minimum atomic E-state index is -0.961. The minimum absolute atomic E-state index is 0.0458. The van der Waals surface area contributed by atoms with Crippen molar-refractivity contribution in [2.24, 2.45) is 5.92 Å². The maximum absolute atomic E-state index is 14.0. The van der Waals surface area contributed by atoms with Gasteiger partial charge in [0.25, 0.3) is 0 Å². The van der Waals surface area contributed by atoms with E-state index in [0.717, 1.165) is 31.4 Å². The number of rotatable bonds is 14. The molecular formula is C31H41F2NO4. The molecule has 2 aromatic carbocycles. The zero-order chi connectivity index (χ0) is 27.7. The zero-order valence-electron chi connectivity index (χ0n) is 22.9. The van der Waals surface area contributed by atoms with Gasteiger partial charge in [0.1, 0.15) is 0 Å². The molecule has 1 aliphatic rings. The molecule has 2 atom stereocenters. The zero-order valence-corrected chi connectivity index (χ0v) is 22.9. The number of hydrogen-bond donors (Lipinski definition) is 2. The summed E-state index contributed by atoms with van der Waals surface area (Å²) in [4.78, 5) is 11.5. The molecule has 0 spiro atoms. The number of halogens is 2. The van der Waals surface area contributed by atoms with E-state index >= 15 is 0 Å². The van der Waals surface area contributed by atoms with E-state index in [9.17, 15) is 18.7 Å². The first-order valence-corrected chi connectivity index (χ1v) is 13.5. The van der Waals surface area contributed by atoms with Crippen LogP contribution in [0.3, 0.4) is 0 Å². The molecule has 0 amide bonds. The Kier molecular flexibility index (Phi) is 11.0. The van der Waals surface area contributed by atoms with Gasteiger partial charge in [-0.05, 0) is 93.7 Å². The molecule has 3 rings (SSSR count). The summed E-state index contributed by atoms with van der Waals surface area (Å²) in [5.41, 5.74) is 3.65. The van der Waals surface area contributed by atoms with E-state index in [1.54, 1.807) is 26.0 Å². The van der Waals surface area contributed by atoms with Crippen LogP contribution in [0.1, 0.15) is 75.3 Å². The second-order valence-corrected chi connectivity index (χ2v) is 10.8. The average Bonchev–Trinajstić information content (AvgIpc) is 3.27. The van der Waals surface area contributed by atoms with E-state index in [0.29, 0.717) is 36.6 Å². The molecule has 0 radical (unpaired) electrons. The van der Waals surface area contributed by atoms with Gasteiger partial charge in [-0.3, -0.25) is 4.79 Å². The van der Waals surface area contributed by atoms with Crippen molar-refractivity contribution < 1.29 is 28.2 Å². The van der Waals surface area contributed by atoms with Crippen LogP contribution in [0.5, 0.6) is 0 Å². The highest BCUT2D eigenvalue weighted by molar-refractivity contribution is 5.69. The number of carbonyl (C=O) groups is 1. The number of allylic oxidation sites excluding steroid dienone is 1.